The summed E-state index contributed by atoms with van der Waals surface area (Å²) in [6, 6.07) is -0.127. The molecule has 0 radical (unpaired) electrons. The molecule has 0 aliphatic carbocycles. The fourth-order valence-corrected chi connectivity index (χ4v) is 1.79. The highest BCUT2D eigenvalue weighted by atomic mass is 16.2. The SMILES string of the molecule is CCCNC1CCCN(CC(N)=O)C1=O. The van der Waals surface area contributed by atoms with E-state index in [1.54, 1.807) is 4.90 Å². The highest BCUT2D eigenvalue weighted by molar-refractivity contribution is 5.87. The van der Waals surface area contributed by atoms with E-state index in [2.05, 4.69) is 12.2 Å². The van der Waals surface area contributed by atoms with Crippen molar-refractivity contribution >= 4 is 11.8 Å². The number of carbonyl (C=O) groups excluding carboxylic acids is 2. The maximum absolute atomic E-state index is 11.8. The summed E-state index contributed by atoms with van der Waals surface area (Å²) in [6.45, 7) is 3.58. The van der Waals surface area contributed by atoms with Crippen LogP contribution in [-0.2, 0) is 9.59 Å². The minimum Gasteiger partial charge on any atom is -0.368 e. The van der Waals surface area contributed by atoms with E-state index >= 15 is 0 Å². The highest BCUT2D eigenvalue weighted by Gasteiger charge is 2.28. The van der Waals surface area contributed by atoms with Crippen LogP contribution in [0.25, 0.3) is 0 Å². The Morgan fingerprint density at radius 2 is 2.40 bits per heavy atom. The predicted octanol–water partition coefficient (Wildman–Crippen LogP) is -0.538. The summed E-state index contributed by atoms with van der Waals surface area (Å²) in [7, 11) is 0. The minimum atomic E-state index is -0.445. The van der Waals surface area contributed by atoms with Crippen molar-refractivity contribution in [2.24, 2.45) is 5.73 Å². The standard InChI is InChI=1S/C10H19N3O2/c1-2-5-12-8-4-3-6-13(10(8)15)7-9(11)14/h8,12H,2-7H2,1H3,(H2,11,14). The fraction of sp³-hybridized carbons (Fsp3) is 0.800. The molecule has 15 heavy (non-hydrogen) atoms. The van der Waals surface area contributed by atoms with Gasteiger partial charge in [0, 0.05) is 6.54 Å². The van der Waals surface area contributed by atoms with Crippen LogP contribution in [0, 0.1) is 0 Å². The van der Waals surface area contributed by atoms with Crippen LogP contribution < -0.4 is 11.1 Å². The topological polar surface area (TPSA) is 75.4 Å². The van der Waals surface area contributed by atoms with Gasteiger partial charge in [0.1, 0.15) is 0 Å². The molecule has 0 aromatic rings. The normalized spacial score (nSPS) is 21.8. The molecule has 1 atom stereocenters. The molecular weight excluding hydrogens is 194 g/mol. The first kappa shape index (κ1) is 12.0. The van der Waals surface area contributed by atoms with E-state index < -0.39 is 5.91 Å². The summed E-state index contributed by atoms with van der Waals surface area (Å²) in [6.07, 6.45) is 2.79. The third kappa shape index (κ3) is 3.51. The van der Waals surface area contributed by atoms with E-state index in [-0.39, 0.29) is 18.5 Å². The molecule has 1 fully saturated rings. The lowest BCUT2D eigenvalue weighted by atomic mass is 10.0. The first-order chi connectivity index (χ1) is 7.15. The second-order valence-corrected chi connectivity index (χ2v) is 3.88. The maximum Gasteiger partial charge on any atom is 0.240 e. The summed E-state index contributed by atoms with van der Waals surface area (Å²) in [5.41, 5.74) is 5.08. The minimum absolute atomic E-state index is 0.00787. The van der Waals surface area contributed by atoms with Gasteiger partial charge >= 0.3 is 0 Å². The van der Waals surface area contributed by atoms with E-state index in [1.807, 2.05) is 0 Å². The van der Waals surface area contributed by atoms with Crippen LogP contribution in [0.1, 0.15) is 26.2 Å². The predicted molar refractivity (Wildman–Crippen MR) is 57.1 cm³/mol. The molecule has 5 nitrogen and oxygen atoms in total. The van der Waals surface area contributed by atoms with Crippen molar-refractivity contribution in [2.45, 2.75) is 32.2 Å². The van der Waals surface area contributed by atoms with Crippen molar-refractivity contribution in [1.29, 1.82) is 0 Å². The van der Waals surface area contributed by atoms with Gasteiger partial charge in [-0.3, -0.25) is 9.59 Å². The molecule has 0 bridgehead atoms. The second kappa shape index (κ2) is 5.70. The van der Waals surface area contributed by atoms with Gasteiger partial charge < -0.3 is 16.0 Å². The Balaban J connectivity index is 2.47. The Morgan fingerprint density at radius 3 is 3.00 bits per heavy atom. The van der Waals surface area contributed by atoms with Gasteiger partial charge in [-0.15, -0.1) is 0 Å². The van der Waals surface area contributed by atoms with Crippen LogP contribution in [0.3, 0.4) is 0 Å². The molecule has 1 aliphatic heterocycles. The fourth-order valence-electron chi connectivity index (χ4n) is 1.79. The van der Waals surface area contributed by atoms with Gasteiger partial charge in [0.15, 0.2) is 0 Å². The molecule has 86 valence electrons. The van der Waals surface area contributed by atoms with Crippen molar-refractivity contribution in [3.8, 4) is 0 Å². The van der Waals surface area contributed by atoms with Gasteiger partial charge in [-0.1, -0.05) is 6.92 Å². The van der Waals surface area contributed by atoms with Crippen LogP contribution in [0.2, 0.25) is 0 Å². The zero-order chi connectivity index (χ0) is 11.3. The molecule has 0 saturated carbocycles. The molecule has 2 amide bonds. The molecule has 0 aromatic heterocycles. The molecule has 0 spiro atoms. The largest absolute Gasteiger partial charge is 0.368 e. The average Bonchev–Trinajstić information content (AvgIpc) is 2.19. The zero-order valence-electron chi connectivity index (χ0n) is 9.16. The van der Waals surface area contributed by atoms with Crippen molar-refractivity contribution in [3.05, 3.63) is 0 Å². The summed E-state index contributed by atoms with van der Waals surface area (Å²) in [5, 5.41) is 3.18. The van der Waals surface area contributed by atoms with Crippen LogP contribution in [0.15, 0.2) is 0 Å². The van der Waals surface area contributed by atoms with E-state index in [0.29, 0.717) is 6.54 Å². The number of rotatable bonds is 5. The third-order valence-electron chi connectivity index (χ3n) is 2.52. The lowest BCUT2D eigenvalue weighted by molar-refractivity contribution is -0.139. The van der Waals surface area contributed by atoms with Crippen molar-refractivity contribution in [3.63, 3.8) is 0 Å². The smallest absolute Gasteiger partial charge is 0.240 e. The number of nitrogens with one attached hydrogen (secondary N) is 1. The van der Waals surface area contributed by atoms with Crippen LogP contribution in [0.4, 0.5) is 0 Å². The van der Waals surface area contributed by atoms with Crippen LogP contribution in [-0.4, -0.2) is 42.4 Å². The van der Waals surface area contributed by atoms with E-state index in [9.17, 15) is 9.59 Å². The van der Waals surface area contributed by atoms with Gasteiger partial charge in [-0.05, 0) is 25.8 Å². The summed E-state index contributed by atoms with van der Waals surface area (Å²) in [4.78, 5) is 24.1. The Labute approximate surface area is 90.0 Å². The number of piperidine rings is 1. The van der Waals surface area contributed by atoms with Gasteiger partial charge in [0.05, 0.1) is 12.6 Å². The van der Waals surface area contributed by atoms with Crippen LogP contribution in [0.5, 0.6) is 0 Å². The number of likely N-dealkylation sites (tertiary alicyclic amines) is 1. The first-order valence-corrected chi connectivity index (χ1v) is 5.45. The Kier molecular flexibility index (Phi) is 4.55. The maximum atomic E-state index is 11.8. The zero-order valence-corrected chi connectivity index (χ0v) is 9.16. The number of nitrogens with two attached hydrogens (primary N) is 1. The van der Waals surface area contributed by atoms with Gasteiger partial charge in [0.2, 0.25) is 11.8 Å². The van der Waals surface area contributed by atoms with Crippen molar-refractivity contribution in [2.75, 3.05) is 19.6 Å². The van der Waals surface area contributed by atoms with E-state index in [4.69, 9.17) is 5.73 Å². The number of hydrogen-bond acceptors (Lipinski definition) is 3. The van der Waals surface area contributed by atoms with E-state index in [1.165, 1.54) is 0 Å². The van der Waals surface area contributed by atoms with Gasteiger partial charge in [-0.2, -0.15) is 0 Å². The molecule has 1 heterocycles. The van der Waals surface area contributed by atoms with E-state index in [0.717, 1.165) is 25.8 Å². The molecule has 1 aliphatic rings. The Morgan fingerprint density at radius 1 is 1.67 bits per heavy atom. The number of hydrogen-bond donors (Lipinski definition) is 2. The molecule has 1 rings (SSSR count). The summed E-state index contributed by atoms with van der Waals surface area (Å²) in [5.74, 6) is -0.437. The number of primary amides is 1. The van der Waals surface area contributed by atoms with Crippen molar-refractivity contribution < 1.29 is 9.59 Å². The second-order valence-electron chi connectivity index (χ2n) is 3.88. The highest BCUT2D eigenvalue weighted by Crippen LogP contribution is 2.11. The van der Waals surface area contributed by atoms with Crippen LogP contribution >= 0.6 is 0 Å². The summed E-state index contributed by atoms with van der Waals surface area (Å²) < 4.78 is 0. The molecule has 5 heteroatoms. The Hall–Kier alpha value is -1.10. The average molecular weight is 213 g/mol. The number of carbonyl (C=O) groups is 2. The molecular formula is C10H19N3O2. The van der Waals surface area contributed by atoms with Crippen molar-refractivity contribution in [1.82, 2.24) is 10.2 Å². The Bertz CT molecular complexity index is 243. The van der Waals surface area contributed by atoms with Gasteiger partial charge in [-0.25, -0.2) is 0 Å². The lowest BCUT2D eigenvalue weighted by Gasteiger charge is -2.31. The quantitative estimate of drug-likeness (QED) is 0.644. The molecule has 1 saturated heterocycles. The molecule has 1 unspecified atom stereocenters. The van der Waals surface area contributed by atoms with Gasteiger partial charge in [0.25, 0.3) is 0 Å². The third-order valence-corrected chi connectivity index (χ3v) is 2.52. The lowest BCUT2D eigenvalue weighted by Crippen LogP contribution is -2.52. The number of nitrogens with zero attached hydrogens (tertiary/aromatic N) is 1. The molecule has 0 aromatic carbocycles. The number of amides is 2. The first-order valence-electron chi connectivity index (χ1n) is 5.45. The monoisotopic (exact) mass is 213 g/mol. The summed E-state index contributed by atoms with van der Waals surface area (Å²) >= 11 is 0. The molecule has 3 N–H and O–H groups in total.